The van der Waals surface area contributed by atoms with E-state index in [1.54, 1.807) is 0 Å². The Kier molecular flexibility index (Phi) is 1.21. The summed E-state index contributed by atoms with van der Waals surface area (Å²) in [6.07, 6.45) is 10.5. The van der Waals surface area contributed by atoms with Gasteiger partial charge in [-0.25, -0.2) is 0 Å². The minimum atomic E-state index is 1.05. The second-order valence-electron chi connectivity index (χ2n) is 4.45. The molecule has 4 aliphatic carbocycles. The Morgan fingerprint density at radius 1 is 0.727 bits per heavy atom. The lowest BCUT2D eigenvalue weighted by Crippen LogP contribution is -2.24. The molecule has 0 spiro atoms. The van der Waals surface area contributed by atoms with Crippen molar-refractivity contribution in [2.45, 2.75) is 44.9 Å². The molecule has 0 aromatic rings. The van der Waals surface area contributed by atoms with Crippen molar-refractivity contribution in [2.75, 3.05) is 0 Å². The SMILES string of the molecule is C1CC2=C(C1)C1CCC2CC1. The molecule has 0 saturated heterocycles. The third kappa shape index (κ3) is 0.758. The molecule has 0 unspecified atom stereocenters. The maximum absolute atomic E-state index is 1.92. The van der Waals surface area contributed by atoms with E-state index < -0.39 is 0 Å². The molecule has 11 heavy (non-hydrogen) atoms. The van der Waals surface area contributed by atoms with Gasteiger partial charge in [-0.15, -0.1) is 0 Å². The second-order valence-corrected chi connectivity index (χ2v) is 4.45. The average molecular weight is 148 g/mol. The van der Waals surface area contributed by atoms with Gasteiger partial charge in [-0.1, -0.05) is 11.1 Å². The van der Waals surface area contributed by atoms with Crippen LogP contribution in [0.2, 0.25) is 0 Å². The van der Waals surface area contributed by atoms with Gasteiger partial charge in [0.25, 0.3) is 0 Å². The molecule has 60 valence electrons. The molecule has 0 N–H and O–H groups in total. The Labute approximate surface area is 68.7 Å². The van der Waals surface area contributed by atoms with Crippen molar-refractivity contribution in [3.8, 4) is 0 Å². The Morgan fingerprint density at radius 2 is 1.18 bits per heavy atom. The van der Waals surface area contributed by atoms with Gasteiger partial charge in [0.2, 0.25) is 0 Å². The van der Waals surface area contributed by atoms with E-state index in [4.69, 9.17) is 0 Å². The van der Waals surface area contributed by atoms with E-state index in [1.807, 2.05) is 11.1 Å². The van der Waals surface area contributed by atoms with E-state index in [0.29, 0.717) is 0 Å². The summed E-state index contributed by atoms with van der Waals surface area (Å²) in [6, 6.07) is 0. The topological polar surface area (TPSA) is 0 Å². The molecular formula is C11H16. The lowest BCUT2D eigenvalue weighted by molar-refractivity contribution is 0.295. The van der Waals surface area contributed by atoms with Crippen molar-refractivity contribution in [2.24, 2.45) is 11.8 Å². The van der Waals surface area contributed by atoms with Crippen LogP contribution >= 0.6 is 0 Å². The number of hydrogen-bond donors (Lipinski definition) is 0. The van der Waals surface area contributed by atoms with Crippen LogP contribution in [-0.2, 0) is 0 Å². The summed E-state index contributed by atoms with van der Waals surface area (Å²) in [5, 5.41) is 0. The number of fused-ring (bicyclic) bond motifs is 2. The summed E-state index contributed by atoms with van der Waals surface area (Å²) < 4.78 is 0. The number of allylic oxidation sites excluding steroid dienone is 2. The highest BCUT2D eigenvalue weighted by molar-refractivity contribution is 5.29. The molecule has 0 heterocycles. The first-order valence-electron chi connectivity index (χ1n) is 5.17. The monoisotopic (exact) mass is 148 g/mol. The molecule has 0 aromatic carbocycles. The van der Waals surface area contributed by atoms with Gasteiger partial charge in [0.15, 0.2) is 0 Å². The van der Waals surface area contributed by atoms with Crippen LogP contribution in [0.3, 0.4) is 0 Å². The summed E-state index contributed by atoms with van der Waals surface area (Å²) in [7, 11) is 0. The van der Waals surface area contributed by atoms with Crippen molar-refractivity contribution < 1.29 is 0 Å². The van der Waals surface area contributed by atoms with Crippen molar-refractivity contribution in [1.29, 1.82) is 0 Å². The fourth-order valence-electron chi connectivity index (χ4n) is 3.51. The molecule has 0 heteroatoms. The van der Waals surface area contributed by atoms with Crippen molar-refractivity contribution in [1.82, 2.24) is 0 Å². The molecule has 0 amide bonds. The fraction of sp³-hybridized carbons (Fsp3) is 0.818. The van der Waals surface area contributed by atoms with E-state index in [2.05, 4.69) is 0 Å². The zero-order chi connectivity index (χ0) is 7.26. The van der Waals surface area contributed by atoms with Gasteiger partial charge in [-0.05, 0) is 56.8 Å². The smallest absolute Gasteiger partial charge is 0.0200 e. The van der Waals surface area contributed by atoms with Gasteiger partial charge in [0.1, 0.15) is 0 Å². The first kappa shape index (κ1) is 6.28. The van der Waals surface area contributed by atoms with Crippen LogP contribution in [0.4, 0.5) is 0 Å². The minimum absolute atomic E-state index is 1.05. The second kappa shape index (κ2) is 2.12. The molecule has 0 aliphatic heterocycles. The van der Waals surface area contributed by atoms with Crippen molar-refractivity contribution in [3.05, 3.63) is 11.1 Å². The van der Waals surface area contributed by atoms with Gasteiger partial charge in [-0.2, -0.15) is 0 Å². The molecule has 0 radical (unpaired) electrons. The summed E-state index contributed by atoms with van der Waals surface area (Å²) in [4.78, 5) is 0. The Bertz CT molecular complexity index is 182. The Hall–Kier alpha value is -0.260. The first-order valence-corrected chi connectivity index (χ1v) is 5.17. The molecule has 1 saturated carbocycles. The Balaban J connectivity index is 2.05. The largest absolute Gasteiger partial charge is 0.0676 e. The molecule has 0 atom stereocenters. The highest BCUT2D eigenvalue weighted by Crippen LogP contribution is 2.51. The van der Waals surface area contributed by atoms with Crippen LogP contribution in [0.15, 0.2) is 11.1 Å². The minimum Gasteiger partial charge on any atom is -0.0676 e. The van der Waals surface area contributed by atoms with Crippen LogP contribution in [-0.4, -0.2) is 0 Å². The van der Waals surface area contributed by atoms with Crippen LogP contribution < -0.4 is 0 Å². The molecule has 4 aliphatic rings. The van der Waals surface area contributed by atoms with E-state index >= 15 is 0 Å². The Morgan fingerprint density at radius 3 is 1.64 bits per heavy atom. The van der Waals surface area contributed by atoms with Crippen molar-refractivity contribution >= 4 is 0 Å². The van der Waals surface area contributed by atoms with E-state index in [0.717, 1.165) is 11.8 Å². The van der Waals surface area contributed by atoms with Gasteiger partial charge in [0.05, 0.1) is 0 Å². The molecule has 4 rings (SSSR count). The molecule has 1 fully saturated rings. The van der Waals surface area contributed by atoms with Crippen LogP contribution in [0.25, 0.3) is 0 Å². The third-order valence-corrected chi connectivity index (χ3v) is 4.02. The van der Waals surface area contributed by atoms with Crippen molar-refractivity contribution in [3.63, 3.8) is 0 Å². The average Bonchev–Trinajstić information content (AvgIpc) is 2.55. The third-order valence-electron chi connectivity index (χ3n) is 4.02. The summed E-state index contributed by atoms with van der Waals surface area (Å²) in [5.74, 6) is 2.11. The maximum atomic E-state index is 1.92. The fourth-order valence-corrected chi connectivity index (χ4v) is 3.51. The van der Waals surface area contributed by atoms with E-state index in [9.17, 15) is 0 Å². The van der Waals surface area contributed by atoms with Gasteiger partial charge < -0.3 is 0 Å². The predicted molar refractivity (Wildman–Crippen MR) is 46.3 cm³/mol. The predicted octanol–water partition coefficient (Wildman–Crippen LogP) is 3.29. The van der Waals surface area contributed by atoms with Gasteiger partial charge >= 0.3 is 0 Å². The lowest BCUT2D eigenvalue weighted by Gasteiger charge is -2.37. The number of hydrogen-bond acceptors (Lipinski definition) is 0. The summed E-state index contributed by atoms with van der Waals surface area (Å²) in [5.41, 5.74) is 3.85. The maximum Gasteiger partial charge on any atom is -0.0200 e. The highest BCUT2D eigenvalue weighted by Gasteiger charge is 2.36. The highest BCUT2D eigenvalue weighted by atomic mass is 14.4. The molecule has 0 nitrogen and oxygen atoms in total. The van der Waals surface area contributed by atoms with Gasteiger partial charge in [0, 0.05) is 0 Å². The zero-order valence-electron chi connectivity index (χ0n) is 7.10. The van der Waals surface area contributed by atoms with E-state index in [-0.39, 0.29) is 0 Å². The van der Waals surface area contributed by atoms with Crippen LogP contribution in [0, 0.1) is 11.8 Å². The normalized spacial score (nSPS) is 41.5. The van der Waals surface area contributed by atoms with E-state index in [1.165, 1.54) is 44.9 Å². The quantitative estimate of drug-likeness (QED) is 0.462. The summed E-state index contributed by atoms with van der Waals surface area (Å²) >= 11 is 0. The molecule has 2 bridgehead atoms. The van der Waals surface area contributed by atoms with Crippen LogP contribution in [0.1, 0.15) is 44.9 Å². The number of rotatable bonds is 0. The van der Waals surface area contributed by atoms with Gasteiger partial charge in [-0.3, -0.25) is 0 Å². The lowest BCUT2D eigenvalue weighted by atomic mass is 9.68. The summed E-state index contributed by atoms with van der Waals surface area (Å²) in [6.45, 7) is 0. The zero-order valence-corrected chi connectivity index (χ0v) is 7.10. The molecule has 0 aromatic heterocycles. The standard InChI is InChI=1S/C11H16/c1-2-10-8-4-6-9(7-5-8)11(10)3-1/h8-9H,1-7H2. The van der Waals surface area contributed by atoms with Crippen LogP contribution in [0.5, 0.6) is 0 Å². The first-order chi connectivity index (χ1) is 5.45. The molecular weight excluding hydrogens is 132 g/mol.